The van der Waals surface area contributed by atoms with Crippen LogP contribution in [0.15, 0.2) is 21.4 Å². The summed E-state index contributed by atoms with van der Waals surface area (Å²) in [5.41, 5.74) is 1.20. The zero-order chi connectivity index (χ0) is 8.27. The lowest BCUT2D eigenvalue weighted by Gasteiger charge is -2.02. The fourth-order valence-electron chi connectivity index (χ4n) is 0.910. The zero-order valence-corrected chi connectivity index (χ0v) is 8.65. The van der Waals surface area contributed by atoms with Crippen LogP contribution in [-0.2, 0) is 6.42 Å². The molecule has 0 saturated carbocycles. The summed E-state index contributed by atoms with van der Waals surface area (Å²) < 4.78 is 5.87. The Labute approximate surface area is 79.9 Å². The molecule has 62 valence electrons. The van der Waals surface area contributed by atoms with Crippen LogP contribution in [0.25, 0.3) is 0 Å². The first-order valence-corrected chi connectivity index (χ1v) is 4.84. The summed E-state index contributed by atoms with van der Waals surface area (Å²) in [5, 5.41) is 0. The molecule has 0 bridgehead atoms. The van der Waals surface area contributed by atoms with E-state index >= 15 is 0 Å². The summed E-state index contributed by atoms with van der Waals surface area (Å²) in [4.78, 5) is 0. The van der Waals surface area contributed by atoms with Gasteiger partial charge in [0, 0.05) is 5.88 Å². The highest BCUT2D eigenvalue weighted by atomic mass is 79.9. The predicted molar refractivity (Wildman–Crippen MR) is 50.0 cm³/mol. The number of hydrogen-bond acceptors (Lipinski definition) is 1. The number of rotatable bonds is 3. The number of hydrogen-bond donors (Lipinski definition) is 0. The van der Waals surface area contributed by atoms with Crippen LogP contribution in [-0.4, -0.2) is 5.88 Å². The quantitative estimate of drug-likeness (QED) is 0.734. The maximum atomic E-state index is 5.67. The molecule has 1 heterocycles. The van der Waals surface area contributed by atoms with Crippen molar-refractivity contribution in [2.45, 2.75) is 13.3 Å². The lowest BCUT2D eigenvalue weighted by Crippen LogP contribution is -1.99. The highest BCUT2D eigenvalue weighted by Gasteiger charge is 2.04. The van der Waals surface area contributed by atoms with E-state index in [9.17, 15) is 0 Å². The average Bonchev–Trinajstić information content (AvgIpc) is 2.35. The van der Waals surface area contributed by atoms with Gasteiger partial charge in [0.15, 0.2) is 4.67 Å². The van der Waals surface area contributed by atoms with Gasteiger partial charge in [-0.2, -0.15) is 0 Å². The topological polar surface area (TPSA) is 13.1 Å². The molecular formula is C8H10BrClO. The molecule has 1 unspecified atom stereocenters. The smallest absolute Gasteiger partial charge is 0.169 e. The molecule has 0 aromatic carbocycles. The van der Waals surface area contributed by atoms with E-state index in [1.807, 2.05) is 6.07 Å². The third-order valence-corrected chi connectivity index (χ3v) is 2.41. The second kappa shape index (κ2) is 4.17. The van der Waals surface area contributed by atoms with E-state index in [2.05, 4.69) is 22.9 Å². The van der Waals surface area contributed by atoms with Gasteiger partial charge in [-0.05, 0) is 39.9 Å². The molecule has 1 nitrogen and oxygen atoms in total. The first-order chi connectivity index (χ1) is 5.22. The maximum Gasteiger partial charge on any atom is 0.169 e. The minimum atomic E-state index is 0.515. The van der Waals surface area contributed by atoms with Crippen molar-refractivity contribution in [3.8, 4) is 0 Å². The van der Waals surface area contributed by atoms with Gasteiger partial charge in [-0.25, -0.2) is 0 Å². The van der Waals surface area contributed by atoms with E-state index in [4.69, 9.17) is 16.0 Å². The van der Waals surface area contributed by atoms with Crippen molar-refractivity contribution in [3.63, 3.8) is 0 Å². The molecule has 0 aliphatic heterocycles. The second-order valence-corrected chi connectivity index (χ2v) is 3.81. The van der Waals surface area contributed by atoms with Crippen LogP contribution in [0.2, 0.25) is 0 Å². The van der Waals surface area contributed by atoms with Crippen LogP contribution in [0.3, 0.4) is 0 Å². The Morgan fingerprint density at radius 3 is 2.91 bits per heavy atom. The van der Waals surface area contributed by atoms with E-state index in [1.54, 1.807) is 6.26 Å². The summed E-state index contributed by atoms with van der Waals surface area (Å²) in [6.45, 7) is 2.12. The Morgan fingerprint density at radius 1 is 1.73 bits per heavy atom. The molecule has 0 saturated heterocycles. The van der Waals surface area contributed by atoms with E-state index < -0.39 is 0 Å². The van der Waals surface area contributed by atoms with Crippen molar-refractivity contribution in [3.05, 3.63) is 22.6 Å². The molecule has 1 rings (SSSR count). The molecule has 0 fully saturated rings. The van der Waals surface area contributed by atoms with E-state index in [0.717, 1.165) is 11.1 Å². The van der Waals surface area contributed by atoms with Gasteiger partial charge in [0.1, 0.15) is 0 Å². The minimum Gasteiger partial charge on any atom is -0.457 e. The van der Waals surface area contributed by atoms with E-state index in [0.29, 0.717) is 11.8 Å². The average molecular weight is 238 g/mol. The normalized spacial score (nSPS) is 13.4. The Balaban J connectivity index is 2.50. The minimum absolute atomic E-state index is 0.515. The highest BCUT2D eigenvalue weighted by molar-refractivity contribution is 9.10. The SMILES string of the molecule is CC(CCl)Cc1coc(Br)c1. The van der Waals surface area contributed by atoms with Crippen molar-refractivity contribution in [1.82, 2.24) is 0 Å². The summed E-state index contributed by atoms with van der Waals surface area (Å²) >= 11 is 8.91. The maximum absolute atomic E-state index is 5.67. The van der Waals surface area contributed by atoms with Crippen LogP contribution in [0.1, 0.15) is 12.5 Å². The van der Waals surface area contributed by atoms with Crippen molar-refractivity contribution in [2.75, 3.05) is 5.88 Å². The fraction of sp³-hybridized carbons (Fsp3) is 0.500. The Kier molecular flexibility index (Phi) is 3.46. The summed E-state index contributed by atoms with van der Waals surface area (Å²) in [6, 6.07) is 1.98. The first kappa shape index (κ1) is 9.14. The van der Waals surface area contributed by atoms with Gasteiger partial charge in [0.2, 0.25) is 0 Å². The first-order valence-electron chi connectivity index (χ1n) is 3.51. The van der Waals surface area contributed by atoms with Gasteiger partial charge in [0.05, 0.1) is 6.26 Å². The lowest BCUT2D eigenvalue weighted by atomic mass is 10.1. The van der Waals surface area contributed by atoms with Crippen LogP contribution in [0.5, 0.6) is 0 Å². The van der Waals surface area contributed by atoms with Crippen molar-refractivity contribution in [1.29, 1.82) is 0 Å². The Bertz CT molecular complexity index is 222. The van der Waals surface area contributed by atoms with Crippen LogP contribution in [0.4, 0.5) is 0 Å². The molecule has 0 N–H and O–H groups in total. The third-order valence-electron chi connectivity index (χ3n) is 1.47. The molecule has 1 aromatic rings. The largest absolute Gasteiger partial charge is 0.457 e. The fourth-order valence-corrected chi connectivity index (χ4v) is 1.41. The molecule has 3 heteroatoms. The van der Waals surface area contributed by atoms with Gasteiger partial charge in [0.25, 0.3) is 0 Å². The third kappa shape index (κ3) is 2.88. The van der Waals surface area contributed by atoms with Crippen LogP contribution in [0, 0.1) is 5.92 Å². The molecule has 0 aliphatic rings. The molecule has 1 aromatic heterocycles. The Hall–Kier alpha value is 0.0500. The molecule has 0 spiro atoms. The molecule has 0 radical (unpaired) electrons. The molecule has 1 atom stereocenters. The Morgan fingerprint density at radius 2 is 2.45 bits per heavy atom. The highest BCUT2D eigenvalue weighted by Crippen LogP contribution is 2.17. The predicted octanol–water partition coefficient (Wildman–Crippen LogP) is 3.46. The summed E-state index contributed by atoms with van der Waals surface area (Å²) in [7, 11) is 0. The van der Waals surface area contributed by atoms with Gasteiger partial charge in [-0.1, -0.05) is 6.92 Å². The standard InChI is InChI=1S/C8H10BrClO/c1-6(4-10)2-7-3-8(9)11-5-7/h3,5-6H,2,4H2,1H3. The van der Waals surface area contributed by atoms with E-state index in [-0.39, 0.29) is 0 Å². The van der Waals surface area contributed by atoms with Crippen LogP contribution >= 0.6 is 27.5 Å². The number of alkyl halides is 1. The zero-order valence-electron chi connectivity index (χ0n) is 6.31. The number of furan rings is 1. The molecule has 0 aliphatic carbocycles. The van der Waals surface area contributed by atoms with Crippen molar-refractivity contribution >= 4 is 27.5 Å². The molecule has 11 heavy (non-hydrogen) atoms. The molecular weight excluding hydrogens is 227 g/mol. The van der Waals surface area contributed by atoms with Gasteiger partial charge in [-0.3, -0.25) is 0 Å². The second-order valence-electron chi connectivity index (χ2n) is 2.72. The van der Waals surface area contributed by atoms with Crippen LogP contribution < -0.4 is 0 Å². The van der Waals surface area contributed by atoms with Crippen molar-refractivity contribution < 1.29 is 4.42 Å². The van der Waals surface area contributed by atoms with Gasteiger partial charge in [-0.15, -0.1) is 11.6 Å². The van der Waals surface area contributed by atoms with Gasteiger partial charge >= 0.3 is 0 Å². The van der Waals surface area contributed by atoms with Gasteiger partial charge < -0.3 is 4.42 Å². The summed E-state index contributed by atoms with van der Waals surface area (Å²) in [6.07, 6.45) is 2.74. The molecule has 0 amide bonds. The monoisotopic (exact) mass is 236 g/mol. The van der Waals surface area contributed by atoms with E-state index in [1.165, 1.54) is 5.56 Å². The number of halogens is 2. The van der Waals surface area contributed by atoms with Crippen molar-refractivity contribution in [2.24, 2.45) is 5.92 Å². The summed E-state index contributed by atoms with van der Waals surface area (Å²) in [5.74, 6) is 1.21. The lowest BCUT2D eigenvalue weighted by molar-refractivity contribution is 0.534.